The average Bonchev–Trinajstić information content (AvgIpc) is 2.77. The van der Waals surface area contributed by atoms with Gasteiger partial charge in [-0.15, -0.1) is 0 Å². The SMILES string of the molecule is O=CC1(c2nc(-c3ccccc3)cc3ccccc23)CC(O)(c2ccccc2)C1. The number of hydrogen-bond acceptors (Lipinski definition) is 3. The minimum absolute atomic E-state index is 0.336. The molecule has 1 aliphatic rings. The molecule has 0 atom stereocenters. The number of fused-ring (bicyclic) bond motifs is 1. The molecule has 5 rings (SSSR count). The van der Waals surface area contributed by atoms with Crippen molar-refractivity contribution in [3.05, 3.63) is 102 Å². The fourth-order valence-electron chi connectivity index (χ4n) is 4.59. The van der Waals surface area contributed by atoms with Crippen LogP contribution in [0.3, 0.4) is 0 Å². The molecule has 3 nitrogen and oxygen atoms in total. The fourth-order valence-corrected chi connectivity index (χ4v) is 4.59. The van der Waals surface area contributed by atoms with Crippen LogP contribution in [-0.4, -0.2) is 16.4 Å². The van der Waals surface area contributed by atoms with Crippen molar-refractivity contribution in [2.45, 2.75) is 23.9 Å². The Hall–Kier alpha value is -3.30. The normalized spacial score (nSPS) is 23.5. The minimum atomic E-state index is -1.01. The van der Waals surface area contributed by atoms with Crippen LogP contribution in [0.5, 0.6) is 0 Å². The lowest BCUT2D eigenvalue weighted by atomic mass is 9.55. The maximum Gasteiger partial charge on any atom is 0.132 e. The number of hydrogen-bond donors (Lipinski definition) is 1. The number of aromatic nitrogens is 1. The van der Waals surface area contributed by atoms with Crippen LogP contribution in [0, 0.1) is 0 Å². The molecule has 3 aromatic carbocycles. The molecule has 0 aliphatic heterocycles. The summed E-state index contributed by atoms with van der Waals surface area (Å²) in [4.78, 5) is 17.3. The molecule has 1 aromatic heterocycles. The lowest BCUT2D eigenvalue weighted by Crippen LogP contribution is -2.54. The van der Waals surface area contributed by atoms with E-state index in [1.807, 2.05) is 84.9 Å². The molecule has 1 heterocycles. The van der Waals surface area contributed by atoms with E-state index in [4.69, 9.17) is 4.98 Å². The summed E-state index contributed by atoms with van der Waals surface area (Å²) in [6, 6.07) is 29.7. The van der Waals surface area contributed by atoms with Crippen LogP contribution in [0.25, 0.3) is 22.0 Å². The molecule has 0 saturated heterocycles. The van der Waals surface area contributed by atoms with E-state index >= 15 is 0 Å². The van der Waals surface area contributed by atoms with Gasteiger partial charge in [-0.25, -0.2) is 0 Å². The van der Waals surface area contributed by atoms with E-state index in [2.05, 4.69) is 6.07 Å². The first-order valence-corrected chi connectivity index (χ1v) is 9.84. The Morgan fingerprint density at radius 2 is 1.45 bits per heavy atom. The maximum absolute atomic E-state index is 12.4. The molecule has 0 amide bonds. The summed E-state index contributed by atoms with van der Waals surface area (Å²) in [5.74, 6) is 0. The van der Waals surface area contributed by atoms with Crippen molar-refractivity contribution >= 4 is 17.1 Å². The van der Waals surface area contributed by atoms with Crippen LogP contribution >= 0.6 is 0 Å². The van der Waals surface area contributed by atoms with Gasteiger partial charge in [0.15, 0.2) is 0 Å². The third-order valence-electron chi connectivity index (χ3n) is 6.03. The number of rotatable bonds is 4. The second-order valence-electron chi connectivity index (χ2n) is 7.97. The first-order chi connectivity index (χ1) is 14.1. The van der Waals surface area contributed by atoms with Gasteiger partial charge < -0.3 is 9.90 Å². The van der Waals surface area contributed by atoms with E-state index in [1.165, 1.54) is 0 Å². The molecule has 3 heteroatoms. The molecule has 0 bridgehead atoms. The molecule has 0 spiro atoms. The van der Waals surface area contributed by atoms with E-state index in [-0.39, 0.29) is 0 Å². The zero-order chi connectivity index (χ0) is 19.9. The van der Waals surface area contributed by atoms with Crippen molar-refractivity contribution in [2.24, 2.45) is 0 Å². The van der Waals surface area contributed by atoms with Crippen LogP contribution in [0.4, 0.5) is 0 Å². The maximum atomic E-state index is 12.4. The van der Waals surface area contributed by atoms with Crippen LogP contribution < -0.4 is 0 Å². The topological polar surface area (TPSA) is 50.2 Å². The first-order valence-electron chi connectivity index (χ1n) is 9.84. The van der Waals surface area contributed by atoms with Crippen molar-refractivity contribution in [1.29, 1.82) is 0 Å². The van der Waals surface area contributed by atoms with Crippen molar-refractivity contribution in [2.75, 3.05) is 0 Å². The van der Waals surface area contributed by atoms with E-state index in [1.54, 1.807) is 0 Å². The Balaban J connectivity index is 1.65. The second kappa shape index (κ2) is 6.64. The number of benzene rings is 3. The van der Waals surface area contributed by atoms with Gasteiger partial charge in [-0.1, -0.05) is 84.9 Å². The van der Waals surface area contributed by atoms with E-state index < -0.39 is 11.0 Å². The van der Waals surface area contributed by atoms with Crippen LogP contribution in [0.2, 0.25) is 0 Å². The highest BCUT2D eigenvalue weighted by Gasteiger charge is 2.57. The van der Waals surface area contributed by atoms with E-state index in [0.717, 1.165) is 39.6 Å². The van der Waals surface area contributed by atoms with E-state index in [9.17, 15) is 9.90 Å². The van der Waals surface area contributed by atoms with E-state index in [0.29, 0.717) is 12.8 Å². The molecule has 1 fully saturated rings. The third kappa shape index (κ3) is 2.86. The number of nitrogens with zero attached hydrogens (tertiary/aromatic N) is 1. The Bertz CT molecular complexity index is 1180. The number of pyridine rings is 1. The first kappa shape index (κ1) is 17.8. The summed E-state index contributed by atoms with van der Waals surface area (Å²) in [6.07, 6.45) is 1.65. The van der Waals surface area contributed by atoms with Gasteiger partial charge in [-0.3, -0.25) is 4.98 Å². The summed E-state index contributed by atoms with van der Waals surface area (Å²) in [5, 5.41) is 13.2. The lowest BCUT2D eigenvalue weighted by molar-refractivity contribution is -0.136. The zero-order valence-corrected chi connectivity index (χ0v) is 16.0. The molecule has 1 aliphatic carbocycles. The highest BCUT2D eigenvalue weighted by atomic mass is 16.3. The molecule has 29 heavy (non-hydrogen) atoms. The number of carbonyl (C=O) groups is 1. The molecule has 0 radical (unpaired) electrons. The van der Waals surface area contributed by atoms with Gasteiger partial charge in [0, 0.05) is 10.9 Å². The summed E-state index contributed by atoms with van der Waals surface area (Å²) in [7, 11) is 0. The van der Waals surface area contributed by atoms with Gasteiger partial charge in [0.2, 0.25) is 0 Å². The molecular formula is C26H21NO2. The van der Waals surface area contributed by atoms with Crippen LogP contribution in [0.15, 0.2) is 91.0 Å². The minimum Gasteiger partial charge on any atom is -0.385 e. The Labute approximate surface area is 169 Å². The van der Waals surface area contributed by atoms with Crippen molar-refractivity contribution < 1.29 is 9.90 Å². The molecule has 142 valence electrons. The van der Waals surface area contributed by atoms with Gasteiger partial charge >= 0.3 is 0 Å². The summed E-state index contributed by atoms with van der Waals surface area (Å²) in [5.41, 5.74) is 1.66. The second-order valence-corrected chi connectivity index (χ2v) is 7.97. The van der Waals surface area contributed by atoms with Gasteiger partial charge in [-0.2, -0.15) is 0 Å². The summed E-state index contributed by atoms with van der Waals surface area (Å²) >= 11 is 0. The molecule has 1 saturated carbocycles. The number of aldehydes is 1. The molecular weight excluding hydrogens is 358 g/mol. The van der Waals surface area contributed by atoms with Crippen LogP contribution in [0.1, 0.15) is 24.1 Å². The Morgan fingerprint density at radius 1 is 0.828 bits per heavy atom. The lowest BCUT2D eigenvalue weighted by Gasteiger charge is -2.50. The fraction of sp³-hybridized carbons (Fsp3) is 0.154. The predicted octanol–water partition coefficient (Wildman–Crippen LogP) is 5.02. The predicted molar refractivity (Wildman–Crippen MR) is 114 cm³/mol. The van der Waals surface area contributed by atoms with Gasteiger partial charge in [0.25, 0.3) is 0 Å². The molecule has 4 aromatic rings. The highest BCUT2D eigenvalue weighted by Crippen LogP contribution is 2.55. The van der Waals surface area contributed by atoms with Gasteiger partial charge in [-0.05, 0) is 29.9 Å². The largest absolute Gasteiger partial charge is 0.385 e. The Kier molecular flexibility index (Phi) is 4.07. The standard InChI is InChI=1S/C26H21NO2/c28-18-25(16-26(29,17-25)21-12-5-2-6-13-21)24-22-14-8-7-11-20(22)15-23(27-24)19-9-3-1-4-10-19/h1-15,18,29H,16-17H2. The third-order valence-corrected chi connectivity index (χ3v) is 6.03. The van der Waals surface area contributed by atoms with Crippen LogP contribution in [-0.2, 0) is 15.8 Å². The van der Waals surface area contributed by atoms with Crippen molar-refractivity contribution in [3.8, 4) is 11.3 Å². The van der Waals surface area contributed by atoms with Crippen molar-refractivity contribution in [3.63, 3.8) is 0 Å². The smallest absolute Gasteiger partial charge is 0.132 e. The number of aliphatic hydroxyl groups is 1. The molecule has 0 unspecified atom stereocenters. The zero-order valence-electron chi connectivity index (χ0n) is 16.0. The Morgan fingerprint density at radius 3 is 2.14 bits per heavy atom. The highest BCUT2D eigenvalue weighted by molar-refractivity contribution is 5.92. The molecule has 1 N–H and O–H groups in total. The summed E-state index contributed by atoms with van der Waals surface area (Å²) < 4.78 is 0. The monoisotopic (exact) mass is 379 g/mol. The summed E-state index contributed by atoms with van der Waals surface area (Å²) in [6.45, 7) is 0. The quantitative estimate of drug-likeness (QED) is 0.507. The number of carbonyl (C=O) groups excluding carboxylic acids is 1. The van der Waals surface area contributed by atoms with Crippen molar-refractivity contribution in [1.82, 2.24) is 4.98 Å². The van der Waals surface area contributed by atoms with Gasteiger partial charge in [0.05, 0.1) is 22.4 Å². The van der Waals surface area contributed by atoms with Gasteiger partial charge in [0.1, 0.15) is 6.29 Å². The average molecular weight is 379 g/mol.